The quantitative estimate of drug-likeness (QED) is 0.759. The average Bonchev–Trinajstić information content (AvgIpc) is 2.31. The van der Waals surface area contributed by atoms with Crippen molar-refractivity contribution >= 4 is 5.57 Å². The second-order valence-corrected chi connectivity index (χ2v) is 3.66. The van der Waals surface area contributed by atoms with Gasteiger partial charge in [0.05, 0.1) is 6.61 Å². The molecule has 1 rings (SSSR count). The van der Waals surface area contributed by atoms with Crippen LogP contribution < -0.4 is 0 Å². The molecule has 0 amide bonds. The van der Waals surface area contributed by atoms with Crippen molar-refractivity contribution in [1.82, 2.24) is 0 Å². The Balaban J connectivity index is 3.16. The number of benzene rings is 1. The highest BCUT2D eigenvalue weighted by atomic mass is 16.3. The highest BCUT2D eigenvalue weighted by Crippen LogP contribution is 2.21. The first kappa shape index (κ1) is 12.5. The highest BCUT2D eigenvalue weighted by Gasteiger charge is 2.02. The van der Waals surface area contributed by atoms with E-state index in [2.05, 4.69) is 6.58 Å². The molecule has 0 heterocycles. The van der Waals surface area contributed by atoms with Gasteiger partial charge in [0, 0.05) is 0 Å². The zero-order valence-corrected chi connectivity index (χ0v) is 9.90. The maximum Gasteiger partial charge on any atom is 0.0681 e. The molecule has 0 saturated heterocycles. The summed E-state index contributed by atoms with van der Waals surface area (Å²) in [5.74, 6) is 0. The van der Waals surface area contributed by atoms with E-state index in [1.165, 1.54) is 0 Å². The Morgan fingerprint density at radius 2 is 2.19 bits per heavy atom. The van der Waals surface area contributed by atoms with Crippen LogP contribution in [0.2, 0.25) is 0 Å². The number of allylic oxidation sites excluding steroid dienone is 5. The number of hydrogen-bond acceptors (Lipinski definition) is 1. The van der Waals surface area contributed by atoms with Crippen molar-refractivity contribution in [3.05, 3.63) is 65.8 Å². The fourth-order valence-corrected chi connectivity index (χ4v) is 1.62. The van der Waals surface area contributed by atoms with E-state index in [1.54, 1.807) is 0 Å². The van der Waals surface area contributed by atoms with Gasteiger partial charge in [0.2, 0.25) is 0 Å². The van der Waals surface area contributed by atoms with Crippen molar-refractivity contribution in [3.63, 3.8) is 0 Å². The van der Waals surface area contributed by atoms with Crippen LogP contribution in [0.5, 0.6) is 0 Å². The molecule has 0 radical (unpaired) electrons. The average molecular weight is 214 g/mol. The minimum Gasteiger partial charge on any atom is -0.392 e. The molecular weight excluding hydrogens is 196 g/mol. The molecule has 0 aromatic heterocycles. The van der Waals surface area contributed by atoms with Crippen LogP contribution in [0.4, 0.5) is 0 Å². The third-order valence-electron chi connectivity index (χ3n) is 2.47. The van der Waals surface area contributed by atoms with E-state index in [0.717, 1.165) is 22.3 Å². The zero-order valence-electron chi connectivity index (χ0n) is 9.90. The SMILES string of the molecule is C=C/C(=C\C=C/C)c1ccc(CO)cc1C. The van der Waals surface area contributed by atoms with Crippen molar-refractivity contribution in [2.24, 2.45) is 0 Å². The highest BCUT2D eigenvalue weighted by molar-refractivity contribution is 5.76. The van der Waals surface area contributed by atoms with Gasteiger partial charge in [-0.2, -0.15) is 0 Å². The first-order valence-corrected chi connectivity index (χ1v) is 5.39. The molecule has 0 fully saturated rings. The molecule has 1 heteroatoms. The minimum absolute atomic E-state index is 0.0864. The second kappa shape index (κ2) is 6.09. The topological polar surface area (TPSA) is 20.2 Å². The first-order chi connectivity index (χ1) is 7.72. The molecule has 0 aliphatic carbocycles. The number of hydrogen-bond donors (Lipinski definition) is 1. The van der Waals surface area contributed by atoms with Crippen molar-refractivity contribution in [2.75, 3.05) is 0 Å². The lowest BCUT2D eigenvalue weighted by Crippen LogP contribution is -1.90. The minimum atomic E-state index is 0.0864. The lowest BCUT2D eigenvalue weighted by molar-refractivity contribution is 0.282. The van der Waals surface area contributed by atoms with Crippen LogP contribution in [-0.2, 0) is 6.61 Å². The lowest BCUT2D eigenvalue weighted by atomic mass is 9.98. The fourth-order valence-electron chi connectivity index (χ4n) is 1.62. The molecule has 84 valence electrons. The second-order valence-electron chi connectivity index (χ2n) is 3.66. The number of aliphatic hydroxyl groups excluding tert-OH is 1. The van der Waals surface area contributed by atoms with E-state index < -0.39 is 0 Å². The van der Waals surface area contributed by atoms with Gasteiger partial charge in [-0.25, -0.2) is 0 Å². The molecule has 0 spiro atoms. The van der Waals surface area contributed by atoms with Gasteiger partial charge in [-0.05, 0) is 36.1 Å². The summed E-state index contributed by atoms with van der Waals surface area (Å²) in [6, 6.07) is 5.97. The summed E-state index contributed by atoms with van der Waals surface area (Å²) in [6.45, 7) is 7.94. The molecule has 0 unspecified atom stereocenters. The van der Waals surface area contributed by atoms with E-state index in [1.807, 2.05) is 56.4 Å². The van der Waals surface area contributed by atoms with Crippen LogP contribution in [0.3, 0.4) is 0 Å². The summed E-state index contributed by atoms with van der Waals surface area (Å²) in [6.07, 6.45) is 7.87. The molecule has 1 N–H and O–H groups in total. The Hall–Kier alpha value is -1.60. The van der Waals surface area contributed by atoms with Crippen LogP contribution in [-0.4, -0.2) is 5.11 Å². The van der Waals surface area contributed by atoms with Crippen LogP contribution in [0, 0.1) is 6.92 Å². The smallest absolute Gasteiger partial charge is 0.0681 e. The Labute approximate surface area is 97.4 Å². The monoisotopic (exact) mass is 214 g/mol. The summed E-state index contributed by atoms with van der Waals surface area (Å²) in [7, 11) is 0. The maximum atomic E-state index is 9.04. The van der Waals surface area contributed by atoms with E-state index in [-0.39, 0.29) is 6.61 Å². The lowest BCUT2D eigenvalue weighted by Gasteiger charge is -2.08. The van der Waals surface area contributed by atoms with Gasteiger partial charge in [0.25, 0.3) is 0 Å². The molecule has 1 aromatic carbocycles. The molecule has 0 atom stereocenters. The molecule has 16 heavy (non-hydrogen) atoms. The number of rotatable bonds is 4. The van der Waals surface area contributed by atoms with Gasteiger partial charge in [-0.1, -0.05) is 49.1 Å². The maximum absolute atomic E-state index is 9.04. The molecule has 0 aliphatic heterocycles. The summed E-state index contributed by atoms with van der Waals surface area (Å²) in [5.41, 5.74) is 4.35. The Morgan fingerprint density at radius 1 is 1.44 bits per heavy atom. The third-order valence-corrected chi connectivity index (χ3v) is 2.47. The van der Waals surface area contributed by atoms with Crippen LogP contribution in [0.1, 0.15) is 23.6 Å². The molecule has 1 aromatic rings. The largest absolute Gasteiger partial charge is 0.392 e. The van der Waals surface area contributed by atoms with E-state index in [9.17, 15) is 0 Å². The number of aliphatic hydroxyl groups is 1. The van der Waals surface area contributed by atoms with Crippen LogP contribution in [0.25, 0.3) is 5.57 Å². The van der Waals surface area contributed by atoms with Gasteiger partial charge >= 0.3 is 0 Å². The Bertz CT molecular complexity index is 425. The van der Waals surface area contributed by atoms with Crippen molar-refractivity contribution in [2.45, 2.75) is 20.5 Å². The van der Waals surface area contributed by atoms with Gasteiger partial charge in [0.1, 0.15) is 0 Å². The zero-order chi connectivity index (χ0) is 12.0. The summed E-state index contributed by atoms with van der Waals surface area (Å²) < 4.78 is 0. The predicted octanol–water partition coefficient (Wildman–Crippen LogP) is 3.63. The van der Waals surface area contributed by atoms with E-state index in [0.29, 0.717) is 0 Å². The molecule has 0 saturated carbocycles. The van der Waals surface area contributed by atoms with Crippen LogP contribution >= 0.6 is 0 Å². The van der Waals surface area contributed by atoms with E-state index in [4.69, 9.17) is 5.11 Å². The Morgan fingerprint density at radius 3 is 2.69 bits per heavy atom. The van der Waals surface area contributed by atoms with Gasteiger partial charge in [-0.15, -0.1) is 0 Å². The summed E-state index contributed by atoms with van der Waals surface area (Å²) >= 11 is 0. The molecular formula is C15H18O. The fraction of sp³-hybridized carbons (Fsp3) is 0.200. The van der Waals surface area contributed by atoms with E-state index >= 15 is 0 Å². The third kappa shape index (κ3) is 2.94. The first-order valence-electron chi connectivity index (χ1n) is 5.39. The molecule has 1 nitrogen and oxygen atoms in total. The summed E-state index contributed by atoms with van der Waals surface area (Å²) in [4.78, 5) is 0. The normalized spacial score (nSPS) is 12.1. The van der Waals surface area contributed by atoms with Gasteiger partial charge in [-0.3, -0.25) is 0 Å². The van der Waals surface area contributed by atoms with Gasteiger partial charge in [0.15, 0.2) is 0 Å². The predicted molar refractivity (Wildman–Crippen MR) is 70.1 cm³/mol. The Kier molecular flexibility index (Phi) is 4.74. The van der Waals surface area contributed by atoms with Crippen molar-refractivity contribution in [1.29, 1.82) is 0 Å². The van der Waals surface area contributed by atoms with Gasteiger partial charge < -0.3 is 5.11 Å². The van der Waals surface area contributed by atoms with Crippen LogP contribution in [0.15, 0.2) is 49.1 Å². The number of aryl methyl sites for hydroxylation is 1. The van der Waals surface area contributed by atoms with Crippen molar-refractivity contribution in [3.8, 4) is 0 Å². The molecule has 0 aliphatic rings. The standard InChI is InChI=1S/C15H18O/c1-4-6-7-14(5-2)15-9-8-13(11-16)10-12(15)3/h4-10,16H,2,11H2,1,3H3/b6-4-,14-7+. The van der Waals surface area contributed by atoms with Crippen molar-refractivity contribution < 1.29 is 5.11 Å². The summed E-state index contributed by atoms with van der Waals surface area (Å²) in [5, 5.41) is 9.04. The molecule has 0 bridgehead atoms.